The smallest absolute Gasteiger partial charge is 0.323 e. The van der Waals surface area contributed by atoms with E-state index in [0.29, 0.717) is 24.7 Å². The lowest BCUT2D eigenvalue weighted by molar-refractivity contribution is 0.208. The molecule has 6 heteroatoms. The van der Waals surface area contributed by atoms with Gasteiger partial charge in [-0.1, -0.05) is 24.2 Å². The number of hydrogen-bond donors (Lipinski definition) is 1. The van der Waals surface area contributed by atoms with Crippen molar-refractivity contribution in [2.75, 3.05) is 36.4 Å². The quantitative estimate of drug-likeness (QED) is 0.946. The molecule has 2 amide bonds. The number of aromatic nitrogens is 1. The standard InChI is InChI=1S/C17H22N4O2/c1-3-14-4-6-15(7-5-14)20-8-10-21(11-9-20)17(22)18-16-12-13(2)23-19-16/h4-7,12H,3,8-11H2,1-2H3,(H,18,19,22). The second-order valence-corrected chi connectivity index (χ2v) is 5.75. The molecule has 0 saturated carbocycles. The van der Waals surface area contributed by atoms with Gasteiger partial charge >= 0.3 is 6.03 Å². The van der Waals surface area contributed by atoms with Crippen LogP contribution in [0.1, 0.15) is 18.2 Å². The van der Waals surface area contributed by atoms with E-state index in [2.05, 4.69) is 46.6 Å². The molecule has 0 unspecified atom stereocenters. The fourth-order valence-electron chi connectivity index (χ4n) is 2.72. The second-order valence-electron chi connectivity index (χ2n) is 5.75. The Morgan fingerprint density at radius 2 is 1.91 bits per heavy atom. The molecule has 1 aliphatic rings. The molecule has 122 valence electrons. The summed E-state index contributed by atoms with van der Waals surface area (Å²) >= 11 is 0. The third-order valence-electron chi connectivity index (χ3n) is 4.14. The van der Waals surface area contributed by atoms with Gasteiger partial charge in [-0.15, -0.1) is 0 Å². The molecule has 0 bridgehead atoms. The zero-order chi connectivity index (χ0) is 16.2. The molecule has 1 saturated heterocycles. The topological polar surface area (TPSA) is 61.6 Å². The van der Waals surface area contributed by atoms with E-state index < -0.39 is 0 Å². The number of hydrogen-bond acceptors (Lipinski definition) is 4. The Balaban J connectivity index is 1.54. The SMILES string of the molecule is CCc1ccc(N2CCN(C(=O)Nc3cc(C)on3)CC2)cc1. The Labute approximate surface area is 136 Å². The predicted molar refractivity (Wildman–Crippen MR) is 89.9 cm³/mol. The summed E-state index contributed by atoms with van der Waals surface area (Å²) in [6.45, 7) is 7.00. The monoisotopic (exact) mass is 314 g/mol. The van der Waals surface area contributed by atoms with Gasteiger partial charge in [-0.05, 0) is 31.0 Å². The number of carbonyl (C=O) groups excluding carboxylic acids is 1. The largest absolute Gasteiger partial charge is 0.368 e. The number of nitrogens with zero attached hydrogens (tertiary/aromatic N) is 3. The van der Waals surface area contributed by atoms with Gasteiger partial charge < -0.3 is 14.3 Å². The van der Waals surface area contributed by atoms with E-state index in [4.69, 9.17) is 4.52 Å². The highest BCUT2D eigenvalue weighted by Gasteiger charge is 2.22. The van der Waals surface area contributed by atoms with Crippen LogP contribution in [-0.4, -0.2) is 42.3 Å². The Hall–Kier alpha value is -2.50. The first kappa shape index (κ1) is 15.4. The van der Waals surface area contributed by atoms with Gasteiger partial charge in [0, 0.05) is 37.9 Å². The normalized spacial score (nSPS) is 14.9. The van der Waals surface area contributed by atoms with Crippen LogP contribution in [0.3, 0.4) is 0 Å². The maximum Gasteiger partial charge on any atom is 0.323 e. The summed E-state index contributed by atoms with van der Waals surface area (Å²) in [5.74, 6) is 1.14. The van der Waals surface area contributed by atoms with Gasteiger partial charge in [0.15, 0.2) is 5.82 Å². The first-order chi connectivity index (χ1) is 11.2. The van der Waals surface area contributed by atoms with E-state index in [-0.39, 0.29) is 6.03 Å². The Morgan fingerprint density at radius 1 is 1.22 bits per heavy atom. The zero-order valence-corrected chi connectivity index (χ0v) is 13.6. The van der Waals surface area contributed by atoms with Gasteiger partial charge in [0.25, 0.3) is 0 Å². The molecular formula is C17H22N4O2. The van der Waals surface area contributed by atoms with Gasteiger partial charge in [-0.25, -0.2) is 4.79 Å². The Morgan fingerprint density at radius 3 is 2.48 bits per heavy atom. The molecule has 2 heterocycles. The van der Waals surface area contributed by atoms with Crippen molar-refractivity contribution < 1.29 is 9.32 Å². The Bertz CT molecular complexity index is 657. The summed E-state index contributed by atoms with van der Waals surface area (Å²) in [4.78, 5) is 16.3. The zero-order valence-electron chi connectivity index (χ0n) is 13.6. The molecule has 6 nitrogen and oxygen atoms in total. The van der Waals surface area contributed by atoms with Crippen LogP contribution in [0.4, 0.5) is 16.3 Å². The van der Waals surface area contributed by atoms with Crippen LogP contribution in [0.25, 0.3) is 0 Å². The van der Waals surface area contributed by atoms with Crippen molar-refractivity contribution >= 4 is 17.5 Å². The second kappa shape index (κ2) is 6.73. The van der Waals surface area contributed by atoms with Crippen LogP contribution in [0.2, 0.25) is 0 Å². The van der Waals surface area contributed by atoms with Crippen molar-refractivity contribution in [3.05, 3.63) is 41.7 Å². The van der Waals surface area contributed by atoms with Crippen LogP contribution >= 0.6 is 0 Å². The number of amides is 2. The van der Waals surface area contributed by atoms with Gasteiger partial charge in [0.1, 0.15) is 5.76 Å². The molecule has 1 aromatic carbocycles. The highest BCUT2D eigenvalue weighted by molar-refractivity contribution is 5.88. The van der Waals surface area contributed by atoms with Gasteiger partial charge in [0.2, 0.25) is 0 Å². The van der Waals surface area contributed by atoms with E-state index in [1.165, 1.54) is 11.3 Å². The minimum Gasteiger partial charge on any atom is -0.368 e. The average Bonchev–Trinajstić information content (AvgIpc) is 3.00. The number of benzene rings is 1. The lowest BCUT2D eigenvalue weighted by atomic mass is 10.1. The van der Waals surface area contributed by atoms with Crippen molar-refractivity contribution in [3.8, 4) is 0 Å². The minimum atomic E-state index is -0.126. The van der Waals surface area contributed by atoms with Crippen LogP contribution in [-0.2, 0) is 6.42 Å². The maximum absolute atomic E-state index is 12.2. The number of nitrogens with one attached hydrogen (secondary N) is 1. The van der Waals surface area contributed by atoms with Crippen molar-refractivity contribution in [2.45, 2.75) is 20.3 Å². The highest BCUT2D eigenvalue weighted by Crippen LogP contribution is 2.18. The van der Waals surface area contributed by atoms with Gasteiger partial charge in [-0.2, -0.15) is 0 Å². The molecule has 0 radical (unpaired) electrons. The van der Waals surface area contributed by atoms with E-state index in [0.717, 1.165) is 19.5 Å². The molecule has 2 aromatic rings. The first-order valence-corrected chi connectivity index (χ1v) is 7.99. The summed E-state index contributed by atoms with van der Waals surface area (Å²) in [7, 11) is 0. The van der Waals surface area contributed by atoms with Crippen LogP contribution < -0.4 is 10.2 Å². The molecule has 0 aliphatic carbocycles. The molecule has 1 fully saturated rings. The number of rotatable bonds is 3. The fraction of sp³-hybridized carbons (Fsp3) is 0.412. The molecule has 23 heavy (non-hydrogen) atoms. The third kappa shape index (κ3) is 3.64. The molecule has 3 rings (SSSR count). The lowest BCUT2D eigenvalue weighted by Crippen LogP contribution is -2.50. The molecule has 0 atom stereocenters. The number of aryl methyl sites for hydroxylation is 2. The predicted octanol–water partition coefficient (Wildman–Crippen LogP) is 2.90. The van der Waals surface area contributed by atoms with Crippen molar-refractivity contribution in [2.24, 2.45) is 0 Å². The summed E-state index contributed by atoms with van der Waals surface area (Å²) < 4.78 is 4.95. The summed E-state index contributed by atoms with van der Waals surface area (Å²) in [6.07, 6.45) is 1.05. The number of anilines is 2. The number of urea groups is 1. The van der Waals surface area contributed by atoms with Gasteiger partial charge in [-0.3, -0.25) is 5.32 Å². The summed E-state index contributed by atoms with van der Waals surface area (Å²) in [5.41, 5.74) is 2.56. The van der Waals surface area contributed by atoms with E-state index in [9.17, 15) is 4.79 Å². The molecule has 1 aliphatic heterocycles. The van der Waals surface area contributed by atoms with E-state index in [1.54, 1.807) is 17.9 Å². The van der Waals surface area contributed by atoms with Crippen molar-refractivity contribution in [1.29, 1.82) is 0 Å². The van der Waals surface area contributed by atoms with Gasteiger partial charge in [0.05, 0.1) is 0 Å². The highest BCUT2D eigenvalue weighted by atomic mass is 16.5. The van der Waals surface area contributed by atoms with Crippen molar-refractivity contribution in [1.82, 2.24) is 10.1 Å². The number of carbonyl (C=O) groups is 1. The minimum absolute atomic E-state index is 0.126. The average molecular weight is 314 g/mol. The van der Waals surface area contributed by atoms with Crippen LogP contribution in [0, 0.1) is 6.92 Å². The molecule has 0 spiro atoms. The van der Waals surface area contributed by atoms with E-state index in [1.807, 2.05) is 0 Å². The summed E-state index contributed by atoms with van der Waals surface area (Å²) in [6, 6.07) is 10.2. The lowest BCUT2D eigenvalue weighted by Gasteiger charge is -2.36. The maximum atomic E-state index is 12.2. The van der Waals surface area contributed by atoms with Crippen molar-refractivity contribution in [3.63, 3.8) is 0 Å². The molecule has 1 N–H and O–H groups in total. The fourth-order valence-corrected chi connectivity index (χ4v) is 2.72. The van der Waals surface area contributed by atoms with Crippen LogP contribution in [0.15, 0.2) is 34.9 Å². The summed E-state index contributed by atoms with van der Waals surface area (Å²) in [5, 5.41) is 6.55. The molecular weight excluding hydrogens is 292 g/mol. The molecule has 1 aromatic heterocycles. The Kier molecular flexibility index (Phi) is 4.50. The van der Waals surface area contributed by atoms with Crippen LogP contribution in [0.5, 0.6) is 0 Å². The van der Waals surface area contributed by atoms with E-state index >= 15 is 0 Å². The third-order valence-corrected chi connectivity index (χ3v) is 4.14. The first-order valence-electron chi connectivity index (χ1n) is 7.99. The number of piperazine rings is 1.